The molecule has 0 spiro atoms. The molecule has 0 aromatic rings. The Kier molecular flexibility index (Phi) is 6.76. The number of fused-ring (bicyclic) bond motifs is 3. The van der Waals surface area contributed by atoms with Gasteiger partial charge in [-0.2, -0.15) is 0 Å². The zero-order valence-corrected chi connectivity index (χ0v) is 19.0. The summed E-state index contributed by atoms with van der Waals surface area (Å²) in [6.45, 7) is 3.04. The Labute approximate surface area is 188 Å². The first-order valence-corrected chi connectivity index (χ1v) is 11.7. The van der Waals surface area contributed by atoms with Crippen molar-refractivity contribution in [2.24, 2.45) is 11.8 Å². The number of β-lactam (4-membered cyclic amide) rings is 1. The summed E-state index contributed by atoms with van der Waals surface area (Å²) in [7, 11) is 1.58. The largest absolute Gasteiger partial charge is 0.511 e. The Morgan fingerprint density at radius 2 is 1.75 bits per heavy atom. The molecule has 1 N–H and O–H groups in total. The van der Waals surface area contributed by atoms with Crippen molar-refractivity contribution in [1.29, 1.82) is 0 Å². The summed E-state index contributed by atoms with van der Waals surface area (Å²) in [5.41, 5.74) is 0.923. The Balaban J connectivity index is 1.46. The van der Waals surface area contributed by atoms with Gasteiger partial charge in [0.15, 0.2) is 0 Å². The molecule has 3 fully saturated rings. The molecule has 0 aromatic heterocycles. The summed E-state index contributed by atoms with van der Waals surface area (Å²) in [5.74, 6) is -1.62. The molecule has 1 amide bonds. The molecule has 4 aliphatic rings. The van der Waals surface area contributed by atoms with Crippen LogP contribution in [0.1, 0.15) is 65.2 Å². The van der Waals surface area contributed by atoms with E-state index in [-0.39, 0.29) is 35.8 Å². The van der Waals surface area contributed by atoms with E-state index >= 15 is 0 Å². The van der Waals surface area contributed by atoms with Gasteiger partial charge in [0.25, 0.3) is 0 Å². The van der Waals surface area contributed by atoms with Gasteiger partial charge >= 0.3 is 12.1 Å². The lowest BCUT2D eigenvalue weighted by molar-refractivity contribution is -0.174. The van der Waals surface area contributed by atoms with Crippen LogP contribution in [0.2, 0.25) is 0 Å². The van der Waals surface area contributed by atoms with Crippen molar-refractivity contribution >= 4 is 18.0 Å². The average molecular weight is 452 g/mol. The van der Waals surface area contributed by atoms with Crippen LogP contribution in [0.5, 0.6) is 0 Å². The number of carbonyl (C=O) groups excluding carboxylic acids is 3. The van der Waals surface area contributed by atoms with Crippen molar-refractivity contribution in [3.8, 4) is 0 Å². The van der Waals surface area contributed by atoms with Gasteiger partial charge < -0.3 is 29.0 Å². The molecule has 9 nitrogen and oxygen atoms in total. The van der Waals surface area contributed by atoms with Crippen molar-refractivity contribution in [2.45, 2.75) is 95.9 Å². The molecule has 32 heavy (non-hydrogen) atoms. The zero-order valence-electron chi connectivity index (χ0n) is 19.0. The molecular formula is C23H33NO8. The van der Waals surface area contributed by atoms with Crippen LogP contribution in [0, 0.1) is 11.8 Å². The van der Waals surface area contributed by atoms with Gasteiger partial charge in [-0.1, -0.05) is 6.42 Å². The second-order valence-corrected chi connectivity index (χ2v) is 9.25. The van der Waals surface area contributed by atoms with E-state index in [1.54, 1.807) is 14.0 Å². The topological polar surface area (TPSA) is 112 Å². The summed E-state index contributed by atoms with van der Waals surface area (Å²) in [6, 6.07) is -0.273. The van der Waals surface area contributed by atoms with Gasteiger partial charge in [0.1, 0.15) is 11.8 Å². The molecule has 0 aromatic carbocycles. The summed E-state index contributed by atoms with van der Waals surface area (Å²) < 4.78 is 21.5. The van der Waals surface area contributed by atoms with Crippen LogP contribution in [0.15, 0.2) is 11.3 Å². The van der Waals surface area contributed by atoms with Gasteiger partial charge in [0.05, 0.1) is 24.2 Å². The highest BCUT2D eigenvalue weighted by atomic mass is 16.8. The summed E-state index contributed by atoms with van der Waals surface area (Å²) in [4.78, 5) is 39.5. The summed E-state index contributed by atoms with van der Waals surface area (Å²) in [6.07, 6.45) is 3.94. The maximum atomic E-state index is 13.1. The number of nitrogens with zero attached hydrogens (tertiary/aromatic N) is 1. The smallest absolute Gasteiger partial charge is 0.431 e. The third-order valence-corrected chi connectivity index (χ3v) is 7.19. The van der Waals surface area contributed by atoms with Gasteiger partial charge in [0.2, 0.25) is 12.2 Å². The van der Waals surface area contributed by atoms with Crippen LogP contribution in [0.3, 0.4) is 0 Å². The van der Waals surface area contributed by atoms with Crippen LogP contribution in [-0.2, 0) is 28.5 Å². The molecule has 4 rings (SSSR count). The Bertz CT molecular complexity index is 787. The Morgan fingerprint density at radius 1 is 1.03 bits per heavy atom. The fourth-order valence-electron chi connectivity index (χ4n) is 5.78. The molecule has 2 aliphatic heterocycles. The maximum absolute atomic E-state index is 13.1. The minimum Gasteiger partial charge on any atom is -0.431 e. The second kappa shape index (κ2) is 9.39. The van der Waals surface area contributed by atoms with Gasteiger partial charge in [-0.05, 0) is 57.4 Å². The number of hydrogen-bond acceptors (Lipinski definition) is 8. The minimum atomic E-state index is -1.17. The SMILES string of the molecule is COC1CCCC2C1=C(C(=O)O[C@@H](C)OC(=O)OC1CCCCC1)N1C(=O)C([C@@H](C)O)C21. The zero-order chi connectivity index (χ0) is 23.0. The van der Waals surface area contributed by atoms with Gasteiger partial charge in [-0.25, -0.2) is 9.59 Å². The first-order chi connectivity index (χ1) is 15.3. The molecule has 4 unspecified atom stereocenters. The van der Waals surface area contributed by atoms with E-state index in [9.17, 15) is 19.5 Å². The average Bonchev–Trinajstić information content (AvgIpc) is 3.04. The lowest BCUT2D eigenvalue weighted by Crippen LogP contribution is -2.64. The van der Waals surface area contributed by atoms with E-state index in [2.05, 4.69) is 0 Å². The molecule has 9 heteroatoms. The van der Waals surface area contributed by atoms with E-state index in [0.29, 0.717) is 0 Å². The third kappa shape index (κ3) is 4.12. The Hall–Kier alpha value is -2.13. The van der Waals surface area contributed by atoms with Crippen LogP contribution in [0.4, 0.5) is 4.79 Å². The number of amides is 1. The lowest BCUT2D eigenvalue weighted by atomic mass is 9.72. The maximum Gasteiger partial charge on any atom is 0.511 e. The number of methoxy groups -OCH3 is 1. The van der Waals surface area contributed by atoms with Crippen molar-refractivity contribution in [1.82, 2.24) is 4.90 Å². The number of ether oxygens (including phenoxy) is 4. The first kappa shape index (κ1) is 23.0. The highest BCUT2D eigenvalue weighted by Crippen LogP contribution is 2.52. The van der Waals surface area contributed by atoms with E-state index in [4.69, 9.17) is 18.9 Å². The van der Waals surface area contributed by atoms with Gasteiger partial charge in [-0.3, -0.25) is 4.79 Å². The monoisotopic (exact) mass is 451 g/mol. The number of hydrogen-bond donors (Lipinski definition) is 1. The second-order valence-electron chi connectivity index (χ2n) is 9.25. The van der Waals surface area contributed by atoms with Crippen LogP contribution >= 0.6 is 0 Å². The van der Waals surface area contributed by atoms with Crippen molar-refractivity contribution < 1.29 is 38.4 Å². The van der Waals surface area contributed by atoms with Crippen LogP contribution < -0.4 is 0 Å². The number of rotatable bonds is 6. The number of esters is 1. The predicted molar refractivity (Wildman–Crippen MR) is 111 cm³/mol. The molecule has 2 heterocycles. The molecule has 2 aliphatic carbocycles. The van der Waals surface area contributed by atoms with Gasteiger partial charge in [0, 0.05) is 20.0 Å². The highest BCUT2D eigenvalue weighted by Gasteiger charge is 2.62. The molecule has 0 bridgehead atoms. The normalized spacial score (nSPS) is 31.9. The summed E-state index contributed by atoms with van der Waals surface area (Å²) in [5, 5.41) is 10.1. The number of aliphatic hydroxyl groups excluding tert-OH is 1. The predicted octanol–water partition coefficient (Wildman–Crippen LogP) is 2.65. The highest BCUT2D eigenvalue weighted by molar-refractivity contribution is 6.01. The lowest BCUT2D eigenvalue weighted by Gasteiger charge is -2.47. The van der Waals surface area contributed by atoms with E-state index in [0.717, 1.165) is 56.9 Å². The van der Waals surface area contributed by atoms with Crippen molar-refractivity contribution in [3.63, 3.8) is 0 Å². The van der Waals surface area contributed by atoms with Crippen LogP contribution in [-0.4, -0.2) is 65.8 Å². The molecule has 1 saturated heterocycles. The van der Waals surface area contributed by atoms with Crippen LogP contribution in [0.25, 0.3) is 0 Å². The third-order valence-electron chi connectivity index (χ3n) is 7.19. The first-order valence-electron chi connectivity index (χ1n) is 11.7. The fraction of sp³-hybridized carbons (Fsp3) is 0.783. The minimum absolute atomic E-state index is 0.0546. The number of aliphatic hydroxyl groups is 1. The number of carbonyl (C=O) groups is 3. The van der Waals surface area contributed by atoms with E-state index < -0.39 is 30.4 Å². The quantitative estimate of drug-likeness (QED) is 0.373. The molecule has 6 atom stereocenters. The van der Waals surface area contributed by atoms with E-state index in [1.807, 2.05) is 0 Å². The fourth-order valence-corrected chi connectivity index (χ4v) is 5.78. The molecule has 0 radical (unpaired) electrons. The standard InChI is InChI=1S/C23H33NO8/c1-12(25)17-19-15-10-7-11-16(29-3)18(15)20(24(19)21(17)26)22(27)30-13(2)31-23(28)32-14-8-5-4-6-9-14/h12-17,19,25H,4-11H2,1-3H3/t12-,13-,15?,16?,17?,19?/m1/s1. The summed E-state index contributed by atoms with van der Waals surface area (Å²) >= 11 is 0. The molecule has 178 valence electrons. The van der Waals surface area contributed by atoms with E-state index in [1.165, 1.54) is 11.8 Å². The van der Waals surface area contributed by atoms with Crippen molar-refractivity contribution in [2.75, 3.05) is 7.11 Å². The Morgan fingerprint density at radius 3 is 2.41 bits per heavy atom. The molecular weight excluding hydrogens is 418 g/mol. The molecule has 2 saturated carbocycles. The van der Waals surface area contributed by atoms with Crippen molar-refractivity contribution in [3.05, 3.63) is 11.3 Å². The van der Waals surface area contributed by atoms with Gasteiger partial charge in [-0.15, -0.1) is 0 Å².